The average molecular weight is 254 g/mol. The molecule has 1 aromatic heterocycles. The molecule has 1 aliphatic rings. The molecular weight excluding hydrogens is 236 g/mol. The summed E-state index contributed by atoms with van der Waals surface area (Å²) in [5.41, 5.74) is 0. The van der Waals surface area contributed by atoms with Crippen molar-refractivity contribution in [2.45, 2.75) is 19.9 Å². The van der Waals surface area contributed by atoms with Crippen LogP contribution in [0.2, 0.25) is 0 Å². The third kappa shape index (κ3) is 3.05. The van der Waals surface area contributed by atoms with Gasteiger partial charge in [0.05, 0.1) is 6.54 Å². The van der Waals surface area contributed by atoms with Gasteiger partial charge in [-0.15, -0.1) is 0 Å². The van der Waals surface area contributed by atoms with Crippen molar-refractivity contribution in [3.05, 3.63) is 11.7 Å². The van der Waals surface area contributed by atoms with Crippen LogP contribution in [0.15, 0.2) is 4.52 Å². The lowest BCUT2D eigenvalue weighted by atomic mass is 10.3. The van der Waals surface area contributed by atoms with Crippen LogP contribution in [-0.4, -0.2) is 63.7 Å². The number of aliphatic hydroxyl groups is 1. The maximum Gasteiger partial charge on any atom is 0.248 e. The predicted octanol–water partition coefficient (Wildman–Crippen LogP) is -0.731. The quantitative estimate of drug-likeness (QED) is 0.762. The highest BCUT2D eigenvalue weighted by Gasteiger charge is 2.21. The normalized spacial score (nSPS) is 17.1. The van der Waals surface area contributed by atoms with Crippen LogP contribution in [0.25, 0.3) is 0 Å². The monoisotopic (exact) mass is 254 g/mol. The Bertz CT molecular complexity index is 399. The molecule has 0 spiro atoms. The van der Waals surface area contributed by atoms with E-state index in [-0.39, 0.29) is 5.91 Å². The summed E-state index contributed by atoms with van der Waals surface area (Å²) in [6.45, 7) is 4.97. The summed E-state index contributed by atoms with van der Waals surface area (Å²) in [4.78, 5) is 19.4. The number of hydrogen-bond acceptors (Lipinski definition) is 6. The van der Waals surface area contributed by atoms with Gasteiger partial charge in [-0.2, -0.15) is 4.98 Å². The van der Waals surface area contributed by atoms with Crippen LogP contribution >= 0.6 is 0 Å². The number of amides is 1. The molecule has 0 saturated carbocycles. The molecule has 0 unspecified atom stereocenters. The molecule has 1 saturated heterocycles. The largest absolute Gasteiger partial charge is 0.387 e. The first-order valence-corrected chi connectivity index (χ1v) is 6.15. The minimum absolute atomic E-state index is 0.208. The van der Waals surface area contributed by atoms with E-state index in [1.807, 2.05) is 6.92 Å². The van der Waals surface area contributed by atoms with Crippen molar-refractivity contribution in [2.24, 2.45) is 0 Å². The summed E-state index contributed by atoms with van der Waals surface area (Å²) >= 11 is 0. The van der Waals surface area contributed by atoms with E-state index in [0.717, 1.165) is 25.3 Å². The molecular formula is C11H18N4O3. The van der Waals surface area contributed by atoms with Crippen LogP contribution in [-0.2, 0) is 17.8 Å². The molecule has 2 rings (SSSR count). The standard InChI is InChI=1S/C11H18N4O3/c1-2-9-12-10(18-13-9)7-14-3-5-15(6-4-14)11(17)8-16/h16H,2-8H2,1H3. The van der Waals surface area contributed by atoms with E-state index in [1.165, 1.54) is 0 Å². The van der Waals surface area contributed by atoms with Gasteiger partial charge in [-0.25, -0.2) is 0 Å². The van der Waals surface area contributed by atoms with E-state index in [2.05, 4.69) is 15.0 Å². The van der Waals surface area contributed by atoms with Crippen molar-refractivity contribution in [1.29, 1.82) is 0 Å². The minimum atomic E-state index is -0.413. The minimum Gasteiger partial charge on any atom is -0.387 e. The van der Waals surface area contributed by atoms with Gasteiger partial charge < -0.3 is 14.5 Å². The maximum absolute atomic E-state index is 11.3. The van der Waals surface area contributed by atoms with Crippen molar-refractivity contribution in [3.63, 3.8) is 0 Å². The second-order valence-electron chi connectivity index (χ2n) is 4.27. The highest BCUT2D eigenvalue weighted by molar-refractivity contribution is 5.77. The van der Waals surface area contributed by atoms with Gasteiger partial charge in [0.1, 0.15) is 6.61 Å². The Labute approximate surface area is 105 Å². The molecule has 0 aromatic carbocycles. The number of hydrogen-bond donors (Lipinski definition) is 1. The molecule has 1 aliphatic heterocycles. The van der Waals surface area contributed by atoms with Crippen molar-refractivity contribution >= 4 is 5.91 Å². The second kappa shape index (κ2) is 5.92. The van der Waals surface area contributed by atoms with Gasteiger partial charge in [-0.05, 0) is 0 Å². The summed E-state index contributed by atoms with van der Waals surface area (Å²) < 4.78 is 5.13. The van der Waals surface area contributed by atoms with Crippen molar-refractivity contribution < 1.29 is 14.4 Å². The first-order valence-electron chi connectivity index (χ1n) is 6.15. The van der Waals surface area contributed by atoms with Crippen LogP contribution in [0.3, 0.4) is 0 Å². The van der Waals surface area contributed by atoms with Crippen LogP contribution in [0.4, 0.5) is 0 Å². The molecule has 0 radical (unpaired) electrons. The first kappa shape index (κ1) is 13.0. The van der Waals surface area contributed by atoms with E-state index in [1.54, 1.807) is 4.90 Å². The van der Waals surface area contributed by atoms with Crippen LogP contribution in [0, 0.1) is 0 Å². The van der Waals surface area contributed by atoms with E-state index >= 15 is 0 Å². The number of aromatic nitrogens is 2. The lowest BCUT2D eigenvalue weighted by Gasteiger charge is -2.33. The first-order chi connectivity index (χ1) is 8.72. The number of carbonyl (C=O) groups excluding carboxylic acids is 1. The topological polar surface area (TPSA) is 82.7 Å². The van der Waals surface area contributed by atoms with Crippen molar-refractivity contribution in [1.82, 2.24) is 19.9 Å². The Kier molecular flexibility index (Phi) is 4.27. The lowest BCUT2D eigenvalue weighted by molar-refractivity contribution is -0.136. The lowest BCUT2D eigenvalue weighted by Crippen LogP contribution is -2.49. The molecule has 1 aromatic rings. The molecule has 1 amide bonds. The Balaban J connectivity index is 1.81. The van der Waals surface area contributed by atoms with E-state index in [0.29, 0.717) is 25.5 Å². The zero-order valence-electron chi connectivity index (χ0n) is 10.5. The zero-order valence-corrected chi connectivity index (χ0v) is 10.5. The number of aryl methyl sites for hydroxylation is 1. The number of aliphatic hydroxyl groups excluding tert-OH is 1. The molecule has 1 fully saturated rings. The molecule has 0 atom stereocenters. The smallest absolute Gasteiger partial charge is 0.248 e. The molecule has 100 valence electrons. The van der Waals surface area contributed by atoms with Crippen LogP contribution in [0.5, 0.6) is 0 Å². The van der Waals surface area contributed by atoms with Gasteiger partial charge in [-0.1, -0.05) is 12.1 Å². The molecule has 0 bridgehead atoms. The summed E-state index contributed by atoms with van der Waals surface area (Å²) in [6, 6.07) is 0. The van der Waals surface area contributed by atoms with Crippen molar-refractivity contribution in [3.8, 4) is 0 Å². The van der Waals surface area contributed by atoms with E-state index in [9.17, 15) is 4.79 Å². The summed E-state index contributed by atoms with van der Waals surface area (Å²) in [5, 5.41) is 12.6. The van der Waals surface area contributed by atoms with Crippen LogP contribution in [0.1, 0.15) is 18.6 Å². The van der Waals surface area contributed by atoms with Gasteiger partial charge in [0.15, 0.2) is 5.82 Å². The molecule has 18 heavy (non-hydrogen) atoms. The third-order valence-electron chi connectivity index (χ3n) is 3.05. The highest BCUT2D eigenvalue weighted by atomic mass is 16.5. The fourth-order valence-corrected chi connectivity index (χ4v) is 1.94. The molecule has 7 heteroatoms. The number of nitrogens with zero attached hydrogens (tertiary/aromatic N) is 4. The summed E-state index contributed by atoms with van der Waals surface area (Å²) in [5.74, 6) is 1.13. The molecule has 0 aliphatic carbocycles. The second-order valence-corrected chi connectivity index (χ2v) is 4.27. The van der Waals surface area contributed by atoms with E-state index in [4.69, 9.17) is 9.63 Å². The third-order valence-corrected chi connectivity index (χ3v) is 3.05. The summed E-state index contributed by atoms with van der Waals surface area (Å²) in [7, 11) is 0. The number of piperazine rings is 1. The predicted molar refractivity (Wildman–Crippen MR) is 62.6 cm³/mol. The van der Waals surface area contributed by atoms with Crippen molar-refractivity contribution in [2.75, 3.05) is 32.8 Å². The fraction of sp³-hybridized carbons (Fsp3) is 0.727. The molecule has 1 N–H and O–H groups in total. The molecule has 2 heterocycles. The summed E-state index contributed by atoms with van der Waals surface area (Å²) in [6.07, 6.45) is 0.766. The van der Waals surface area contributed by atoms with Gasteiger partial charge in [0.2, 0.25) is 11.8 Å². The van der Waals surface area contributed by atoms with Gasteiger partial charge in [-0.3, -0.25) is 9.69 Å². The Morgan fingerprint density at radius 2 is 2.11 bits per heavy atom. The van der Waals surface area contributed by atoms with Gasteiger partial charge in [0.25, 0.3) is 0 Å². The maximum atomic E-state index is 11.3. The van der Waals surface area contributed by atoms with Gasteiger partial charge >= 0.3 is 0 Å². The Hall–Kier alpha value is -1.47. The average Bonchev–Trinajstić information content (AvgIpc) is 2.86. The SMILES string of the molecule is CCc1noc(CN2CCN(C(=O)CO)CC2)n1. The Morgan fingerprint density at radius 3 is 2.67 bits per heavy atom. The number of carbonyl (C=O) groups is 1. The number of rotatable bonds is 4. The van der Waals surface area contributed by atoms with E-state index < -0.39 is 6.61 Å². The molecule has 7 nitrogen and oxygen atoms in total. The van der Waals surface area contributed by atoms with Crippen LogP contribution < -0.4 is 0 Å². The Morgan fingerprint density at radius 1 is 1.39 bits per heavy atom. The van der Waals surface area contributed by atoms with Gasteiger partial charge in [0, 0.05) is 32.6 Å². The highest BCUT2D eigenvalue weighted by Crippen LogP contribution is 2.07. The fourth-order valence-electron chi connectivity index (χ4n) is 1.94. The zero-order chi connectivity index (χ0) is 13.0.